The second-order valence-electron chi connectivity index (χ2n) is 4.91. The van der Waals surface area contributed by atoms with Gasteiger partial charge in [0.2, 0.25) is 0 Å². The van der Waals surface area contributed by atoms with Gasteiger partial charge in [-0.15, -0.1) is 0 Å². The summed E-state index contributed by atoms with van der Waals surface area (Å²) in [6.45, 7) is 3.66. The summed E-state index contributed by atoms with van der Waals surface area (Å²) in [7, 11) is 1.53. The van der Waals surface area contributed by atoms with Crippen molar-refractivity contribution in [3.63, 3.8) is 0 Å². The molecule has 1 atom stereocenters. The Hall–Kier alpha value is -2.20. The van der Waals surface area contributed by atoms with Crippen LogP contribution in [-0.4, -0.2) is 19.1 Å². The maximum Gasteiger partial charge on any atom is 0.265 e. The third kappa shape index (κ3) is 4.15. The number of amides is 1. The van der Waals surface area contributed by atoms with Gasteiger partial charge in [-0.2, -0.15) is 0 Å². The maximum absolute atomic E-state index is 12.2. The number of benzene rings is 2. The fourth-order valence-electron chi connectivity index (χ4n) is 1.96. The molecule has 2 aromatic carbocycles. The van der Waals surface area contributed by atoms with Crippen molar-refractivity contribution >= 4 is 23.2 Å². The van der Waals surface area contributed by atoms with Gasteiger partial charge < -0.3 is 14.8 Å². The average Bonchev–Trinajstić information content (AvgIpc) is 2.47. The molecular weight excluding hydrogens is 302 g/mol. The van der Waals surface area contributed by atoms with E-state index in [-0.39, 0.29) is 5.91 Å². The topological polar surface area (TPSA) is 47.6 Å². The highest BCUT2D eigenvalue weighted by atomic mass is 35.5. The summed E-state index contributed by atoms with van der Waals surface area (Å²) in [5, 5.41) is 3.28. The molecule has 1 N–H and O–H groups in total. The summed E-state index contributed by atoms with van der Waals surface area (Å²) in [4.78, 5) is 12.2. The molecule has 0 saturated heterocycles. The van der Waals surface area contributed by atoms with E-state index < -0.39 is 6.10 Å². The number of rotatable bonds is 5. The zero-order valence-corrected chi connectivity index (χ0v) is 13.5. The van der Waals surface area contributed by atoms with E-state index in [1.807, 2.05) is 31.2 Å². The predicted molar refractivity (Wildman–Crippen MR) is 87.9 cm³/mol. The number of carbonyl (C=O) groups is 1. The average molecular weight is 320 g/mol. The Labute approximate surface area is 135 Å². The van der Waals surface area contributed by atoms with Crippen LogP contribution in [-0.2, 0) is 4.79 Å². The number of aryl methyl sites for hydroxylation is 1. The van der Waals surface area contributed by atoms with E-state index in [1.165, 1.54) is 7.11 Å². The first-order valence-corrected chi connectivity index (χ1v) is 7.25. The van der Waals surface area contributed by atoms with Gasteiger partial charge >= 0.3 is 0 Å². The Bertz CT molecular complexity index is 673. The molecule has 1 amide bonds. The maximum atomic E-state index is 12.2. The highest BCUT2D eigenvalue weighted by molar-refractivity contribution is 6.31. The molecule has 0 unspecified atom stereocenters. The number of carbonyl (C=O) groups excluding carboxylic acids is 1. The minimum atomic E-state index is -0.648. The van der Waals surface area contributed by atoms with Crippen LogP contribution in [0.15, 0.2) is 42.5 Å². The Balaban J connectivity index is 2.07. The van der Waals surface area contributed by atoms with E-state index in [1.54, 1.807) is 25.1 Å². The second kappa shape index (κ2) is 7.18. The molecule has 22 heavy (non-hydrogen) atoms. The van der Waals surface area contributed by atoms with Gasteiger partial charge in [0.15, 0.2) is 6.10 Å². The van der Waals surface area contributed by atoms with Gasteiger partial charge in [-0.3, -0.25) is 4.79 Å². The van der Waals surface area contributed by atoms with Crippen molar-refractivity contribution in [1.82, 2.24) is 0 Å². The number of hydrogen-bond donors (Lipinski definition) is 1. The van der Waals surface area contributed by atoms with Gasteiger partial charge in [0, 0.05) is 5.02 Å². The van der Waals surface area contributed by atoms with Gasteiger partial charge in [0.1, 0.15) is 11.5 Å². The number of hydrogen-bond acceptors (Lipinski definition) is 3. The van der Waals surface area contributed by atoms with E-state index in [4.69, 9.17) is 21.1 Å². The fraction of sp³-hybridized carbons (Fsp3) is 0.235. The third-order valence-corrected chi connectivity index (χ3v) is 3.33. The molecule has 0 aliphatic carbocycles. The monoisotopic (exact) mass is 319 g/mol. The zero-order chi connectivity index (χ0) is 16.1. The van der Waals surface area contributed by atoms with E-state index in [9.17, 15) is 4.79 Å². The Morgan fingerprint density at radius 2 is 2.00 bits per heavy atom. The quantitative estimate of drug-likeness (QED) is 0.904. The van der Waals surface area contributed by atoms with Crippen molar-refractivity contribution in [2.75, 3.05) is 12.4 Å². The summed E-state index contributed by atoms with van der Waals surface area (Å²) in [6.07, 6.45) is -0.648. The first-order chi connectivity index (χ1) is 10.5. The van der Waals surface area contributed by atoms with Crippen LogP contribution in [0.5, 0.6) is 11.5 Å². The van der Waals surface area contributed by atoms with Gasteiger partial charge in [0.25, 0.3) is 5.91 Å². The molecule has 0 aromatic heterocycles. The Morgan fingerprint density at radius 1 is 1.23 bits per heavy atom. The third-order valence-electron chi connectivity index (χ3n) is 3.09. The number of methoxy groups -OCH3 is 1. The van der Waals surface area contributed by atoms with Crippen molar-refractivity contribution in [2.24, 2.45) is 0 Å². The summed E-state index contributed by atoms with van der Waals surface area (Å²) in [5.41, 5.74) is 1.58. The molecule has 0 aliphatic rings. The number of ether oxygens (including phenoxy) is 2. The van der Waals surface area contributed by atoms with Crippen molar-refractivity contribution < 1.29 is 14.3 Å². The summed E-state index contributed by atoms with van der Waals surface area (Å²) < 4.78 is 10.8. The molecule has 0 heterocycles. The minimum Gasteiger partial charge on any atom is -0.495 e. The smallest absolute Gasteiger partial charge is 0.265 e. The van der Waals surface area contributed by atoms with Gasteiger partial charge in [-0.05, 0) is 49.7 Å². The van der Waals surface area contributed by atoms with E-state index in [2.05, 4.69) is 5.32 Å². The van der Waals surface area contributed by atoms with Gasteiger partial charge in [-0.1, -0.05) is 23.7 Å². The molecule has 0 bridgehead atoms. The molecule has 0 fully saturated rings. The molecule has 0 aliphatic heterocycles. The molecule has 2 aromatic rings. The lowest BCUT2D eigenvalue weighted by Crippen LogP contribution is -2.30. The molecule has 116 valence electrons. The van der Waals surface area contributed by atoms with E-state index >= 15 is 0 Å². The Morgan fingerprint density at radius 3 is 2.68 bits per heavy atom. The lowest BCUT2D eigenvalue weighted by atomic mass is 10.2. The van der Waals surface area contributed by atoms with Crippen LogP contribution in [0.4, 0.5) is 5.69 Å². The minimum absolute atomic E-state index is 0.276. The molecule has 0 spiro atoms. The summed E-state index contributed by atoms with van der Waals surface area (Å²) >= 11 is 5.95. The highest BCUT2D eigenvalue weighted by Gasteiger charge is 2.17. The normalized spacial score (nSPS) is 11.6. The molecule has 0 saturated carbocycles. The summed E-state index contributed by atoms with van der Waals surface area (Å²) in [6, 6.07) is 12.6. The van der Waals surface area contributed by atoms with Crippen molar-refractivity contribution in [3.05, 3.63) is 53.1 Å². The fourth-order valence-corrected chi connectivity index (χ4v) is 2.13. The van der Waals surface area contributed by atoms with Crippen molar-refractivity contribution in [1.29, 1.82) is 0 Å². The lowest BCUT2D eigenvalue weighted by Gasteiger charge is -2.16. The van der Waals surface area contributed by atoms with Crippen LogP contribution in [0.2, 0.25) is 5.02 Å². The van der Waals surface area contributed by atoms with Crippen LogP contribution in [0.3, 0.4) is 0 Å². The summed E-state index contributed by atoms with van der Waals surface area (Å²) in [5.74, 6) is 0.920. The molecule has 2 rings (SSSR count). The van der Waals surface area contributed by atoms with Gasteiger partial charge in [0.05, 0.1) is 12.8 Å². The number of halogens is 1. The van der Waals surface area contributed by atoms with E-state index in [0.29, 0.717) is 22.2 Å². The van der Waals surface area contributed by atoms with Crippen molar-refractivity contribution in [3.8, 4) is 11.5 Å². The zero-order valence-electron chi connectivity index (χ0n) is 12.7. The Kier molecular flexibility index (Phi) is 5.28. The van der Waals surface area contributed by atoms with E-state index in [0.717, 1.165) is 5.56 Å². The molecule has 5 heteroatoms. The first-order valence-electron chi connectivity index (χ1n) is 6.87. The number of nitrogens with one attached hydrogen (secondary N) is 1. The van der Waals surface area contributed by atoms with Crippen LogP contribution in [0, 0.1) is 6.92 Å². The molecular formula is C17H18ClNO3. The van der Waals surface area contributed by atoms with Crippen molar-refractivity contribution in [2.45, 2.75) is 20.0 Å². The highest BCUT2D eigenvalue weighted by Crippen LogP contribution is 2.28. The number of anilines is 1. The second-order valence-corrected chi connectivity index (χ2v) is 5.35. The van der Waals surface area contributed by atoms with Crippen LogP contribution in [0.25, 0.3) is 0 Å². The largest absolute Gasteiger partial charge is 0.495 e. The lowest BCUT2D eigenvalue weighted by molar-refractivity contribution is -0.122. The molecule has 4 nitrogen and oxygen atoms in total. The van der Waals surface area contributed by atoms with Crippen LogP contribution in [0.1, 0.15) is 12.5 Å². The predicted octanol–water partition coefficient (Wildman–Crippen LogP) is 4.06. The molecule has 0 radical (unpaired) electrons. The SMILES string of the molecule is COc1ccc(Cl)cc1NC(=O)[C@@H](C)Oc1cccc(C)c1. The van der Waals surface area contributed by atoms with Gasteiger partial charge in [-0.25, -0.2) is 0 Å². The standard InChI is InChI=1S/C17H18ClNO3/c1-11-5-4-6-14(9-11)22-12(2)17(20)19-15-10-13(18)7-8-16(15)21-3/h4-10,12H,1-3H3,(H,19,20)/t12-/m1/s1. The first kappa shape index (κ1) is 16.2. The van der Waals surface area contributed by atoms with Crippen LogP contribution >= 0.6 is 11.6 Å². The van der Waals surface area contributed by atoms with Crippen LogP contribution < -0.4 is 14.8 Å².